The van der Waals surface area contributed by atoms with E-state index in [-0.39, 0.29) is 16.5 Å². The van der Waals surface area contributed by atoms with Crippen LogP contribution in [0.25, 0.3) is 0 Å². The Labute approximate surface area is 94.6 Å². The monoisotopic (exact) mass is 279 g/mol. The van der Waals surface area contributed by atoms with Gasteiger partial charge in [0.05, 0.1) is 5.02 Å². The molecule has 0 bridgehead atoms. The van der Waals surface area contributed by atoms with Crippen LogP contribution in [0.4, 0.5) is 4.39 Å². The quantitative estimate of drug-likeness (QED) is 0.847. The van der Waals surface area contributed by atoms with Crippen molar-refractivity contribution in [3.05, 3.63) is 34.6 Å². The molecule has 0 atom stereocenters. The Hall–Kier alpha value is -0.610. The van der Waals surface area contributed by atoms with Gasteiger partial charge in [-0.1, -0.05) is 27.5 Å². The molecular formula is C9H8BrClFNO. The summed E-state index contributed by atoms with van der Waals surface area (Å²) in [4.78, 5) is 11.3. The lowest BCUT2D eigenvalue weighted by Crippen LogP contribution is -2.25. The Kier molecular flexibility index (Phi) is 4.35. The maximum absolute atomic E-state index is 12.9. The summed E-state index contributed by atoms with van der Waals surface area (Å²) in [7, 11) is 0. The van der Waals surface area contributed by atoms with Gasteiger partial charge >= 0.3 is 0 Å². The third-order valence-corrected chi connectivity index (χ3v) is 2.26. The van der Waals surface area contributed by atoms with E-state index >= 15 is 0 Å². The van der Waals surface area contributed by atoms with Crippen molar-refractivity contribution in [2.45, 2.75) is 0 Å². The van der Waals surface area contributed by atoms with Crippen molar-refractivity contribution in [2.75, 3.05) is 11.9 Å². The van der Waals surface area contributed by atoms with Gasteiger partial charge in [-0.05, 0) is 18.2 Å². The van der Waals surface area contributed by atoms with Crippen molar-refractivity contribution in [1.29, 1.82) is 0 Å². The van der Waals surface area contributed by atoms with Crippen LogP contribution in [0.5, 0.6) is 0 Å². The van der Waals surface area contributed by atoms with E-state index in [1.165, 1.54) is 12.1 Å². The predicted molar refractivity (Wildman–Crippen MR) is 57.5 cm³/mol. The number of carbonyl (C=O) groups is 1. The average molecular weight is 281 g/mol. The standard InChI is InChI=1S/C9H8BrClFNO/c10-3-4-13-9(14)6-1-2-7(11)8(12)5-6/h1-2,5H,3-4H2,(H,13,14). The van der Waals surface area contributed by atoms with Crippen molar-refractivity contribution >= 4 is 33.4 Å². The largest absolute Gasteiger partial charge is 0.351 e. The highest BCUT2D eigenvalue weighted by Crippen LogP contribution is 2.15. The minimum absolute atomic E-state index is 0.0158. The lowest BCUT2D eigenvalue weighted by Gasteiger charge is -2.03. The van der Waals surface area contributed by atoms with Gasteiger partial charge in [0.25, 0.3) is 5.91 Å². The number of rotatable bonds is 3. The van der Waals surface area contributed by atoms with Crippen molar-refractivity contribution in [2.24, 2.45) is 0 Å². The highest BCUT2D eigenvalue weighted by atomic mass is 79.9. The maximum atomic E-state index is 12.9. The molecule has 1 aromatic carbocycles. The minimum atomic E-state index is -0.585. The highest BCUT2D eigenvalue weighted by Gasteiger charge is 2.07. The van der Waals surface area contributed by atoms with Gasteiger partial charge < -0.3 is 5.32 Å². The van der Waals surface area contributed by atoms with Gasteiger partial charge in [0.2, 0.25) is 0 Å². The average Bonchev–Trinajstić information content (AvgIpc) is 2.18. The summed E-state index contributed by atoms with van der Waals surface area (Å²) in [6.07, 6.45) is 0. The molecule has 0 saturated heterocycles. The summed E-state index contributed by atoms with van der Waals surface area (Å²) in [6.45, 7) is 0.503. The van der Waals surface area contributed by atoms with Crippen LogP contribution in [0.1, 0.15) is 10.4 Å². The number of carbonyl (C=O) groups excluding carboxylic acids is 1. The molecule has 2 nitrogen and oxygen atoms in total. The maximum Gasteiger partial charge on any atom is 0.251 e. The summed E-state index contributed by atoms with van der Waals surface area (Å²) in [5.41, 5.74) is 0.271. The van der Waals surface area contributed by atoms with Gasteiger partial charge in [0.1, 0.15) is 5.82 Å². The van der Waals surface area contributed by atoms with E-state index < -0.39 is 5.82 Å². The lowest BCUT2D eigenvalue weighted by atomic mass is 10.2. The van der Waals surface area contributed by atoms with E-state index in [1.54, 1.807) is 0 Å². The SMILES string of the molecule is O=C(NCCBr)c1ccc(Cl)c(F)c1. The van der Waals surface area contributed by atoms with Crippen LogP contribution < -0.4 is 5.32 Å². The van der Waals surface area contributed by atoms with Crippen LogP contribution in [0.3, 0.4) is 0 Å². The molecule has 0 fully saturated rings. The van der Waals surface area contributed by atoms with Gasteiger partial charge in [-0.2, -0.15) is 0 Å². The highest BCUT2D eigenvalue weighted by molar-refractivity contribution is 9.09. The first kappa shape index (κ1) is 11.5. The van der Waals surface area contributed by atoms with Gasteiger partial charge in [-0.25, -0.2) is 4.39 Å². The van der Waals surface area contributed by atoms with Crippen LogP contribution in [0, 0.1) is 5.82 Å². The number of alkyl halides is 1. The van der Waals surface area contributed by atoms with Crippen LogP contribution >= 0.6 is 27.5 Å². The molecule has 0 spiro atoms. The molecule has 0 heterocycles. The van der Waals surface area contributed by atoms with E-state index in [1.807, 2.05) is 0 Å². The second-order valence-corrected chi connectivity index (χ2v) is 3.77. The molecule has 0 aliphatic carbocycles. The zero-order chi connectivity index (χ0) is 10.6. The summed E-state index contributed by atoms with van der Waals surface area (Å²) in [5, 5.41) is 3.28. The van der Waals surface area contributed by atoms with E-state index in [0.717, 1.165) is 6.07 Å². The Morgan fingerprint density at radius 2 is 2.29 bits per heavy atom. The van der Waals surface area contributed by atoms with Crippen molar-refractivity contribution < 1.29 is 9.18 Å². The molecule has 0 unspecified atom stereocenters. The van der Waals surface area contributed by atoms with E-state index in [0.29, 0.717) is 11.9 Å². The Morgan fingerprint density at radius 3 is 2.86 bits per heavy atom. The van der Waals surface area contributed by atoms with Crippen LogP contribution in [0.2, 0.25) is 5.02 Å². The molecule has 1 N–H and O–H groups in total. The van der Waals surface area contributed by atoms with Gasteiger partial charge in [0, 0.05) is 17.4 Å². The van der Waals surface area contributed by atoms with Crippen LogP contribution in [-0.2, 0) is 0 Å². The summed E-state index contributed by atoms with van der Waals surface area (Å²) in [5.74, 6) is -0.891. The Morgan fingerprint density at radius 1 is 1.57 bits per heavy atom. The number of hydrogen-bond donors (Lipinski definition) is 1. The zero-order valence-corrected chi connectivity index (χ0v) is 9.53. The zero-order valence-electron chi connectivity index (χ0n) is 7.19. The predicted octanol–water partition coefficient (Wildman–Crippen LogP) is 2.60. The summed E-state index contributed by atoms with van der Waals surface area (Å²) in [6, 6.07) is 3.96. The molecule has 0 aromatic heterocycles. The molecule has 76 valence electrons. The summed E-state index contributed by atoms with van der Waals surface area (Å²) < 4.78 is 12.9. The fourth-order valence-electron chi connectivity index (χ4n) is 0.900. The van der Waals surface area contributed by atoms with Crippen molar-refractivity contribution in [3.63, 3.8) is 0 Å². The first-order valence-electron chi connectivity index (χ1n) is 3.94. The van der Waals surface area contributed by atoms with Crippen LogP contribution in [0.15, 0.2) is 18.2 Å². The fourth-order valence-corrected chi connectivity index (χ4v) is 1.22. The smallest absolute Gasteiger partial charge is 0.251 e. The molecule has 14 heavy (non-hydrogen) atoms. The second-order valence-electron chi connectivity index (χ2n) is 2.57. The van der Waals surface area contributed by atoms with Gasteiger partial charge in [-0.3, -0.25) is 4.79 Å². The minimum Gasteiger partial charge on any atom is -0.351 e. The van der Waals surface area contributed by atoms with Crippen molar-refractivity contribution in [3.8, 4) is 0 Å². The van der Waals surface area contributed by atoms with Crippen LogP contribution in [-0.4, -0.2) is 17.8 Å². The second kappa shape index (κ2) is 5.32. The molecular weight excluding hydrogens is 272 g/mol. The molecule has 0 radical (unpaired) electrons. The van der Waals surface area contributed by atoms with E-state index in [4.69, 9.17) is 11.6 Å². The third-order valence-electron chi connectivity index (χ3n) is 1.56. The van der Waals surface area contributed by atoms with E-state index in [2.05, 4.69) is 21.2 Å². The van der Waals surface area contributed by atoms with Gasteiger partial charge in [-0.15, -0.1) is 0 Å². The first-order valence-corrected chi connectivity index (χ1v) is 5.44. The number of nitrogens with one attached hydrogen (secondary N) is 1. The molecule has 0 saturated carbocycles. The fraction of sp³-hybridized carbons (Fsp3) is 0.222. The molecule has 1 rings (SSSR count). The molecule has 1 aromatic rings. The number of halogens is 3. The number of benzene rings is 1. The lowest BCUT2D eigenvalue weighted by molar-refractivity contribution is 0.0956. The Bertz CT molecular complexity index is 346. The topological polar surface area (TPSA) is 29.1 Å². The number of hydrogen-bond acceptors (Lipinski definition) is 1. The Balaban J connectivity index is 2.76. The van der Waals surface area contributed by atoms with Crippen molar-refractivity contribution in [1.82, 2.24) is 5.32 Å². The molecule has 1 amide bonds. The van der Waals surface area contributed by atoms with E-state index in [9.17, 15) is 9.18 Å². The summed E-state index contributed by atoms with van der Waals surface area (Å²) >= 11 is 8.64. The first-order chi connectivity index (χ1) is 6.65. The normalized spacial score (nSPS) is 9.93. The molecule has 5 heteroatoms. The number of amides is 1. The molecule has 0 aliphatic heterocycles. The van der Waals surface area contributed by atoms with Gasteiger partial charge in [0.15, 0.2) is 0 Å². The molecule has 0 aliphatic rings. The third kappa shape index (κ3) is 2.96.